The lowest BCUT2D eigenvalue weighted by molar-refractivity contribution is 0.156. The Morgan fingerprint density at radius 3 is 2.63 bits per heavy atom. The summed E-state index contributed by atoms with van der Waals surface area (Å²) in [5, 5.41) is 3.26. The van der Waals surface area contributed by atoms with Crippen molar-refractivity contribution >= 4 is 40.0 Å². The van der Waals surface area contributed by atoms with Crippen LogP contribution in [0.5, 0.6) is 0 Å². The van der Waals surface area contributed by atoms with Gasteiger partial charge in [0.05, 0.1) is 11.5 Å². The first kappa shape index (κ1) is 22.4. The minimum absolute atomic E-state index is 0. The van der Waals surface area contributed by atoms with Gasteiger partial charge in [-0.25, -0.2) is 13.1 Å². The van der Waals surface area contributed by atoms with Gasteiger partial charge in [-0.3, -0.25) is 4.99 Å². The number of hydrogen-bond acceptors (Lipinski definition) is 4. The summed E-state index contributed by atoms with van der Waals surface area (Å²) in [5.74, 6) is 0.823. The fourth-order valence-electron chi connectivity index (χ4n) is 3.58. The molecule has 1 aromatic carbocycles. The molecule has 1 unspecified atom stereocenters. The first-order valence-electron chi connectivity index (χ1n) is 9.04. The quantitative estimate of drug-likeness (QED) is 0.273. The molecule has 27 heavy (non-hydrogen) atoms. The lowest BCUT2D eigenvalue weighted by Crippen LogP contribution is -2.44. The number of aryl methyl sites for hydroxylation is 1. The molecule has 1 spiro atoms. The van der Waals surface area contributed by atoms with Crippen LogP contribution in [-0.4, -0.2) is 65.7 Å². The highest BCUT2D eigenvalue weighted by molar-refractivity contribution is 14.0. The lowest BCUT2D eigenvalue weighted by atomic mass is 9.87. The van der Waals surface area contributed by atoms with E-state index in [0.29, 0.717) is 13.1 Å². The van der Waals surface area contributed by atoms with Crippen LogP contribution in [0.2, 0.25) is 0 Å². The number of rotatable bonds is 5. The Morgan fingerprint density at radius 1 is 1.26 bits per heavy atom. The predicted octanol–water partition coefficient (Wildman–Crippen LogP) is 1.58. The van der Waals surface area contributed by atoms with Crippen molar-refractivity contribution in [1.29, 1.82) is 0 Å². The van der Waals surface area contributed by atoms with Crippen LogP contribution in [0.1, 0.15) is 18.4 Å². The zero-order valence-corrected chi connectivity index (χ0v) is 19.0. The number of halogens is 1. The van der Waals surface area contributed by atoms with E-state index < -0.39 is 10.0 Å². The molecule has 9 heteroatoms. The molecular weight excluding hydrogens is 479 g/mol. The fourth-order valence-corrected chi connectivity index (χ4v) is 4.61. The van der Waals surface area contributed by atoms with E-state index in [9.17, 15) is 8.42 Å². The van der Waals surface area contributed by atoms with Gasteiger partial charge < -0.3 is 15.0 Å². The maximum Gasteiger partial charge on any atom is 0.240 e. The number of aliphatic imine (C=N–C) groups is 1. The van der Waals surface area contributed by atoms with E-state index in [1.807, 2.05) is 6.92 Å². The van der Waals surface area contributed by atoms with Crippen LogP contribution >= 0.6 is 24.0 Å². The summed E-state index contributed by atoms with van der Waals surface area (Å²) < 4.78 is 32.8. The van der Waals surface area contributed by atoms with Crippen molar-refractivity contribution in [1.82, 2.24) is 14.9 Å². The van der Waals surface area contributed by atoms with Crippen LogP contribution in [0, 0.1) is 12.3 Å². The third-order valence-corrected chi connectivity index (χ3v) is 6.64. The number of hydrogen-bond donors (Lipinski definition) is 2. The highest BCUT2D eigenvalue weighted by Gasteiger charge is 2.42. The molecule has 2 aliphatic rings. The lowest BCUT2D eigenvalue weighted by Gasteiger charge is -2.25. The molecule has 2 N–H and O–H groups in total. The average Bonchev–Trinajstić information content (AvgIpc) is 3.25. The van der Waals surface area contributed by atoms with Crippen LogP contribution < -0.4 is 10.0 Å². The Hall–Kier alpha value is -0.910. The van der Waals surface area contributed by atoms with Crippen LogP contribution in [0.15, 0.2) is 34.2 Å². The molecule has 1 aromatic rings. The van der Waals surface area contributed by atoms with Gasteiger partial charge in [0.2, 0.25) is 10.0 Å². The van der Waals surface area contributed by atoms with Crippen molar-refractivity contribution in [3.05, 3.63) is 29.8 Å². The number of benzene rings is 1. The summed E-state index contributed by atoms with van der Waals surface area (Å²) >= 11 is 0. The second-order valence-electron chi connectivity index (χ2n) is 7.16. The predicted molar refractivity (Wildman–Crippen MR) is 117 cm³/mol. The topological polar surface area (TPSA) is 83.0 Å². The van der Waals surface area contributed by atoms with Gasteiger partial charge in [-0.15, -0.1) is 24.0 Å². The van der Waals surface area contributed by atoms with Crippen molar-refractivity contribution in [2.75, 3.05) is 46.4 Å². The molecule has 0 saturated carbocycles. The molecule has 2 aliphatic heterocycles. The number of ether oxygens (including phenoxy) is 1. The molecule has 1 atom stereocenters. The molecule has 2 heterocycles. The standard InChI is InChI=1S/C18H28N4O3S.HI/c1-15-3-5-16(6-4-15)26(23,24)21-10-9-20-17(19-2)22-11-7-18(13-22)8-12-25-14-18;/h3-6,21H,7-14H2,1-2H3,(H,19,20);1H. The summed E-state index contributed by atoms with van der Waals surface area (Å²) in [6.45, 7) is 6.30. The Bertz CT molecular complexity index is 746. The maximum atomic E-state index is 12.3. The summed E-state index contributed by atoms with van der Waals surface area (Å²) in [5.41, 5.74) is 1.30. The van der Waals surface area contributed by atoms with Crippen molar-refractivity contribution < 1.29 is 13.2 Å². The Labute approximate surface area is 179 Å². The number of nitrogens with zero attached hydrogens (tertiary/aromatic N) is 2. The molecular formula is C18H29IN4O3S. The second-order valence-corrected chi connectivity index (χ2v) is 8.93. The summed E-state index contributed by atoms with van der Waals surface area (Å²) in [6, 6.07) is 6.84. The van der Waals surface area contributed by atoms with Gasteiger partial charge in [0, 0.05) is 45.2 Å². The minimum Gasteiger partial charge on any atom is -0.381 e. The summed E-state index contributed by atoms with van der Waals surface area (Å²) in [6.07, 6.45) is 2.23. The van der Waals surface area contributed by atoms with Gasteiger partial charge in [-0.2, -0.15) is 0 Å². The van der Waals surface area contributed by atoms with Gasteiger partial charge >= 0.3 is 0 Å². The van der Waals surface area contributed by atoms with Crippen molar-refractivity contribution in [2.24, 2.45) is 10.4 Å². The zero-order valence-electron chi connectivity index (χ0n) is 15.9. The average molecular weight is 508 g/mol. The zero-order chi connectivity index (χ0) is 18.6. The van der Waals surface area contributed by atoms with E-state index in [2.05, 4.69) is 19.9 Å². The van der Waals surface area contributed by atoms with E-state index in [1.165, 1.54) is 0 Å². The minimum atomic E-state index is -3.48. The van der Waals surface area contributed by atoms with Gasteiger partial charge in [-0.1, -0.05) is 17.7 Å². The van der Waals surface area contributed by atoms with Gasteiger partial charge in [0.1, 0.15) is 0 Å². The van der Waals surface area contributed by atoms with E-state index in [4.69, 9.17) is 4.74 Å². The summed E-state index contributed by atoms with van der Waals surface area (Å²) in [4.78, 5) is 6.87. The second kappa shape index (κ2) is 9.53. The van der Waals surface area contributed by atoms with Crippen LogP contribution in [0.4, 0.5) is 0 Å². The normalized spacial score (nSPS) is 22.9. The molecule has 2 saturated heterocycles. The molecule has 0 bridgehead atoms. The Morgan fingerprint density at radius 2 is 2.00 bits per heavy atom. The van der Waals surface area contributed by atoms with Gasteiger partial charge in [0.15, 0.2) is 5.96 Å². The Kier molecular flexibility index (Phi) is 7.90. The monoisotopic (exact) mass is 508 g/mol. The van der Waals surface area contributed by atoms with Crippen LogP contribution in [0.25, 0.3) is 0 Å². The third-order valence-electron chi connectivity index (χ3n) is 5.17. The van der Waals surface area contributed by atoms with E-state index in [0.717, 1.165) is 50.7 Å². The van der Waals surface area contributed by atoms with Crippen LogP contribution in [0.3, 0.4) is 0 Å². The smallest absolute Gasteiger partial charge is 0.240 e. The van der Waals surface area contributed by atoms with E-state index in [-0.39, 0.29) is 34.3 Å². The molecule has 0 aromatic heterocycles. The molecule has 0 aliphatic carbocycles. The van der Waals surface area contributed by atoms with Crippen LogP contribution in [-0.2, 0) is 14.8 Å². The molecule has 3 rings (SSSR count). The Balaban J connectivity index is 0.00000261. The SMILES string of the molecule is CN=C(NCCNS(=O)(=O)c1ccc(C)cc1)N1CCC2(CCOC2)C1.I. The molecule has 2 fully saturated rings. The molecule has 7 nitrogen and oxygen atoms in total. The highest BCUT2D eigenvalue weighted by Crippen LogP contribution is 2.38. The fraction of sp³-hybridized carbons (Fsp3) is 0.611. The van der Waals surface area contributed by atoms with Crippen molar-refractivity contribution in [3.63, 3.8) is 0 Å². The molecule has 0 radical (unpaired) electrons. The van der Waals surface area contributed by atoms with E-state index in [1.54, 1.807) is 31.3 Å². The maximum absolute atomic E-state index is 12.3. The molecule has 152 valence electrons. The first-order valence-corrected chi connectivity index (χ1v) is 10.5. The van der Waals surface area contributed by atoms with Crippen molar-refractivity contribution in [2.45, 2.75) is 24.7 Å². The first-order chi connectivity index (χ1) is 12.4. The number of likely N-dealkylation sites (tertiary alicyclic amines) is 1. The largest absolute Gasteiger partial charge is 0.381 e. The number of nitrogens with one attached hydrogen (secondary N) is 2. The number of guanidine groups is 1. The van der Waals surface area contributed by atoms with Gasteiger partial charge in [-0.05, 0) is 31.9 Å². The third kappa shape index (κ3) is 5.55. The number of sulfonamides is 1. The summed E-state index contributed by atoms with van der Waals surface area (Å²) in [7, 11) is -1.72. The van der Waals surface area contributed by atoms with Gasteiger partial charge in [0.25, 0.3) is 0 Å². The highest BCUT2D eigenvalue weighted by atomic mass is 127. The van der Waals surface area contributed by atoms with Crippen molar-refractivity contribution in [3.8, 4) is 0 Å². The van der Waals surface area contributed by atoms with E-state index >= 15 is 0 Å². The molecule has 0 amide bonds.